The summed E-state index contributed by atoms with van der Waals surface area (Å²) in [4.78, 5) is 12.5. The molecule has 0 amide bonds. The van der Waals surface area contributed by atoms with Crippen LogP contribution in [0, 0.1) is 0 Å². The van der Waals surface area contributed by atoms with Gasteiger partial charge in [0, 0.05) is 12.3 Å². The van der Waals surface area contributed by atoms with Gasteiger partial charge in [-0.3, -0.25) is 4.79 Å². The van der Waals surface area contributed by atoms with Crippen LogP contribution in [0.15, 0.2) is 77.9 Å². The molecule has 0 bridgehead atoms. The van der Waals surface area contributed by atoms with E-state index >= 15 is 0 Å². The molecule has 0 radical (unpaired) electrons. The molecule has 2 aromatic carbocycles. The summed E-state index contributed by atoms with van der Waals surface area (Å²) in [5.74, 6) is -0.264. The normalized spacial score (nSPS) is 14.1. The molecule has 0 aliphatic carbocycles. The van der Waals surface area contributed by atoms with Crippen LogP contribution in [0.2, 0.25) is 0 Å². The zero-order valence-corrected chi connectivity index (χ0v) is 14.7. The van der Waals surface area contributed by atoms with E-state index in [4.69, 9.17) is 0 Å². The number of hydrogen-bond acceptors (Lipinski definition) is 5. The molecule has 0 atom stereocenters. The largest absolute Gasteiger partial charge is 0.586 e. The lowest BCUT2D eigenvalue weighted by molar-refractivity contribution is -0.286. The van der Waals surface area contributed by atoms with Crippen LogP contribution in [-0.2, 0) is 0 Å². The number of hydrogen-bond donors (Lipinski definition) is 0. The fourth-order valence-corrected chi connectivity index (χ4v) is 3.11. The van der Waals surface area contributed by atoms with Gasteiger partial charge in [-0.1, -0.05) is 24.3 Å². The number of fused-ring (bicyclic) bond motifs is 1. The predicted molar refractivity (Wildman–Crippen MR) is 98.6 cm³/mol. The highest BCUT2D eigenvalue weighted by Crippen LogP contribution is 2.44. The van der Waals surface area contributed by atoms with Crippen LogP contribution < -0.4 is 14.9 Å². The van der Waals surface area contributed by atoms with Gasteiger partial charge >= 0.3 is 6.29 Å². The van der Waals surface area contributed by atoms with Crippen LogP contribution in [-0.4, -0.2) is 25.9 Å². The number of benzene rings is 2. The molecule has 0 N–H and O–H groups in total. The Morgan fingerprint density at radius 1 is 0.931 bits per heavy atom. The van der Waals surface area contributed by atoms with Gasteiger partial charge in [0.2, 0.25) is 5.43 Å². The number of rotatable bonds is 3. The zero-order chi connectivity index (χ0) is 20.0. The van der Waals surface area contributed by atoms with Gasteiger partial charge < -0.3 is 9.47 Å². The molecule has 9 heteroatoms. The fourth-order valence-electron chi connectivity index (χ4n) is 3.11. The molecule has 0 unspecified atom stereocenters. The maximum absolute atomic E-state index is 13.5. The number of ether oxygens (including phenoxy) is 2. The Kier molecular flexibility index (Phi) is 3.70. The summed E-state index contributed by atoms with van der Waals surface area (Å²) in [6, 6.07) is 16.7. The average Bonchev–Trinajstić information content (AvgIpc) is 3.31. The standard InChI is InChI=1S/C20H12F2N4O3/c21-20(22)28-17-8-4-7-15(19(17)29-20)25-12-10-16(27)18(24-25)14-9-11-23-26(14)13-5-2-1-3-6-13/h1-12H. The number of aromatic nitrogens is 4. The van der Waals surface area contributed by atoms with Crippen molar-refractivity contribution < 1.29 is 18.3 Å². The van der Waals surface area contributed by atoms with Crippen molar-refractivity contribution in [2.45, 2.75) is 6.29 Å². The average molecular weight is 394 g/mol. The summed E-state index contributed by atoms with van der Waals surface area (Å²) >= 11 is 0. The van der Waals surface area contributed by atoms with Crippen LogP contribution in [0.4, 0.5) is 8.78 Å². The summed E-state index contributed by atoms with van der Waals surface area (Å²) < 4.78 is 39.0. The molecule has 29 heavy (non-hydrogen) atoms. The van der Waals surface area contributed by atoms with Crippen molar-refractivity contribution in [1.82, 2.24) is 19.6 Å². The van der Waals surface area contributed by atoms with E-state index < -0.39 is 6.29 Å². The Morgan fingerprint density at radius 2 is 1.76 bits per heavy atom. The molecular weight excluding hydrogens is 382 g/mol. The molecule has 2 aromatic heterocycles. The summed E-state index contributed by atoms with van der Waals surface area (Å²) in [5.41, 5.74) is 1.20. The Hall–Kier alpha value is -4.01. The maximum Gasteiger partial charge on any atom is 0.586 e. The van der Waals surface area contributed by atoms with Crippen molar-refractivity contribution in [3.8, 4) is 34.3 Å². The highest BCUT2D eigenvalue weighted by Gasteiger charge is 2.44. The summed E-state index contributed by atoms with van der Waals surface area (Å²) in [6.45, 7) is 0. The Balaban J connectivity index is 1.64. The molecule has 3 heterocycles. The highest BCUT2D eigenvalue weighted by molar-refractivity contribution is 5.60. The van der Waals surface area contributed by atoms with E-state index in [1.807, 2.05) is 30.3 Å². The quantitative estimate of drug-likeness (QED) is 0.533. The first-order valence-corrected chi connectivity index (χ1v) is 8.61. The second-order valence-electron chi connectivity index (χ2n) is 6.21. The van der Waals surface area contributed by atoms with Crippen molar-refractivity contribution >= 4 is 0 Å². The first kappa shape index (κ1) is 17.1. The summed E-state index contributed by atoms with van der Waals surface area (Å²) in [7, 11) is 0. The minimum Gasteiger partial charge on any atom is -0.395 e. The van der Waals surface area contributed by atoms with Crippen molar-refractivity contribution in [2.24, 2.45) is 0 Å². The van der Waals surface area contributed by atoms with Crippen LogP contribution in [0.25, 0.3) is 22.8 Å². The fraction of sp³-hybridized carbons (Fsp3) is 0.0500. The van der Waals surface area contributed by atoms with Gasteiger partial charge in [-0.05, 0) is 30.3 Å². The van der Waals surface area contributed by atoms with Crippen LogP contribution in [0.3, 0.4) is 0 Å². The first-order valence-electron chi connectivity index (χ1n) is 8.61. The Morgan fingerprint density at radius 3 is 2.59 bits per heavy atom. The van der Waals surface area contributed by atoms with E-state index in [2.05, 4.69) is 19.7 Å². The SMILES string of the molecule is O=c1ccn(-c2cccc3c2OC(F)(F)O3)nc1-c1ccnn1-c1ccccc1. The highest BCUT2D eigenvalue weighted by atomic mass is 19.3. The molecule has 1 aliphatic rings. The third kappa shape index (κ3) is 2.92. The predicted octanol–water partition coefficient (Wildman–Crippen LogP) is 3.41. The minimum absolute atomic E-state index is 0.108. The van der Waals surface area contributed by atoms with Crippen molar-refractivity contribution in [3.05, 3.63) is 83.3 Å². The number of alkyl halides is 2. The van der Waals surface area contributed by atoms with E-state index in [1.165, 1.54) is 29.1 Å². The molecule has 1 aliphatic heterocycles. The second-order valence-corrected chi connectivity index (χ2v) is 6.21. The second kappa shape index (κ2) is 6.26. The molecule has 0 spiro atoms. The van der Waals surface area contributed by atoms with Gasteiger partial charge in [0.1, 0.15) is 5.69 Å². The number of nitrogens with zero attached hydrogens (tertiary/aromatic N) is 4. The monoisotopic (exact) mass is 394 g/mol. The maximum atomic E-state index is 13.5. The summed E-state index contributed by atoms with van der Waals surface area (Å²) in [5, 5.41) is 8.63. The lowest BCUT2D eigenvalue weighted by Gasteiger charge is -2.11. The molecule has 0 fully saturated rings. The summed E-state index contributed by atoms with van der Waals surface area (Å²) in [6.07, 6.45) is -0.824. The van der Waals surface area contributed by atoms with Crippen LogP contribution >= 0.6 is 0 Å². The van der Waals surface area contributed by atoms with Crippen molar-refractivity contribution in [2.75, 3.05) is 0 Å². The van der Waals surface area contributed by atoms with Gasteiger partial charge in [-0.15, -0.1) is 8.78 Å². The Bertz CT molecular complexity index is 1270. The van der Waals surface area contributed by atoms with Gasteiger partial charge in [0.25, 0.3) is 0 Å². The molecule has 5 rings (SSSR count). The van der Waals surface area contributed by atoms with Gasteiger partial charge in [-0.2, -0.15) is 10.2 Å². The van der Waals surface area contributed by atoms with Gasteiger partial charge in [0.15, 0.2) is 17.2 Å². The van der Waals surface area contributed by atoms with Gasteiger partial charge in [0.05, 0.1) is 17.6 Å². The third-order valence-electron chi connectivity index (χ3n) is 4.35. The smallest absolute Gasteiger partial charge is 0.395 e. The third-order valence-corrected chi connectivity index (χ3v) is 4.35. The zero-order valence-electron chi connectivity index (χ0n) is 14.7. The molecule has 144 valence electrons. The van der Waals surface area contributed by atoms with E-state index in [9.17, 15) is 13.6 Å². The molecule has 7 nitrogen and oxygen atoms in total. The van der Waals surface area contributed by atoms with Crippen LogP contribution in [0.5, 0.6) is 11.5 Å². The Labute approximate surface area is 162 Å². The topological polar surface area (TPSA) is 71.2 Å². The molecule has 0 saturated heterocycles. The minimum atomic E-state index is -3.76. The van der Waals surface area contributed by atoms with Crippen molar-refractivity contribution in [1.29, 1.82) is 0 Å². The van der Waals surface area contributed by atoms with E-state index in [0.717, 1.165) is 5.69 Å². The number of para-hydroxylation sites is 2. The van der Waals surface area contributed by atoms with Crippen LogP contribution in [0.1, 0.15) is 0 Å². The van der Waals surface area contributed by atoms with Gasteiger partial charge in [-0.25, -0.2) is 9.36 Å². The lowest BCUT2D eigenvalue weighted by Crippen LogP contribution is -2.26. The molecule has 0 saturated carbocycles. The van der Waals surface area contributed by atoms with Crippen molar-refractivity contribution in [3.63, 3.8) is 0 Å². The first-order chi connectivity index (χ1) is 14.0. The molecular formula is C20H12F2N4O3. The van der Waals surface area contributed by atoms with E-state index in [1.54, 1.807) is 23.0 Å². The number of halogens is 2. The van der Waals surface area contributed by atoms with E-state index in [0.29, 0.717) is 5.69 Å². The lowest BCUT2D eigenvalue weighted by atomic mass is 10.2. The molecule has 4 aromatic rings. The van der Waals surface area contributed by atoms with E-state index in [-0.39, 0.29) is 28.3 Å².